The van der Waals surface area contributed by atoms with Gasteiger partial charge in [-0.05, 0) is 42.9 Å². The highest BCUT2D eigenvalue weighted by Gasteiger charge is 2.18. The normalized spacial score (nSPS) is 24.6. The molecule has 0 bridgehead atoms. The molecule has 2 rings (SSSR count). The Hall–Kier alpha value is -0.400. The Labute approximate surface area is 114 Å². The lowest BCUT2D eigenvalue weighted by Crippen LogP contribution is -2.20. The Morgan fingerprint density at radius 1 is 1.18 bits per heavy atom. The van der Waals surface area contributed by atoms with Gasteiger partial charge in [-0.2, -0.15) is 0 Å². The first-order valence-corrected chi connectivity index (χ1v) is 7.09. The minimum absolute atomic E-state index is 0.731. The van der Waals surface area contributed by atoms with Crippen LogP contribution in [-0.4, -0.2) is 6.54 Å². The van der Waals surface area contributed by atoms with Gasteiger partial charge < -0.3 is 5.32 Å². The predicted molar refractivity (Wildman–Crippen MR) is 76.1 cm³/mol. The van der Waals surface area contributed by atoms with Gasteiger partial charge in [0.05, 0.1) is 10.7 Å². The van der Waals surface area contributed by atoms with Crippen molar-refractivity contribution < 1.29 is 0 Å². The molecule has 1 N–H and O–H groups in total. The second-order valence-electron chi connectivity index (χ2n) is 5.13. The van der Waals surface area contributed by atoms with Gasteiger partial charge in [0.15, 0.2) is 0 Å². The van der Waals surface area contributed by atoms with Crippen molar-refractivity contribution in [1.29, 1.82) is 0 Å². The lowest BCUT2D eigenvalue weighted by atomic mass is 9.83. The van der Waals surface area contributed by atoms with E-state index in [4.69, 9.17) is 23.2 Å². The molecule has 0 spiro atoms. The molecule has 1 aliphatic carbocycles. The summed E-state index contributed by atoms with van der Waals surface area (Å²) in [6.45, 7) is 3.35. The molecule has 1 aromatic rings. The Morgan fingerprint density at radius 3 is 2.59 bits per heavy atom. The van der Waals surface area contributed by atoms with E-state index in [1.165, 1.54) is 25.7 Å². The van der Waals surface area contributed by atoms with Gasteiger partial charge in [-0.1, -0.05) is 43.0 Å². The van der Waals surface area contributed by atoms with Gasteiger partial charge in [0.25, 0.3) is 0 Å². The Morgan fingerprint density at radius 2 is 1.88 bits per heavy atom. The first-order chi connectivity index (χ1) is 8.15. The van der Waals surface area contributed by atoms with E-state index in [1.54, 1.807) is 0 Å². The summed E-state index contributed by atoms with van der Waals surface area (Å²) in [7, 11) is 0. The smallest absolute Gasteiger partial charge is 0.0638 e. The molecule has 0 atom stereocenters. The molecule has 1 aromatic carbocycles. The van der Waals surface area contributed by atoms with Gasteiger partial charge in [-0.25, -0.2) is 0 Å². The summed E-state index contributed by atoms with van der Waals surface area (Å²) in [4.78, 5) is 0. The Kier molecular flexibility index (Phi) is 4.58. The number of rotatable bonds is 3. The van der Waals surface area contributed by atoms with Crippen LogP contribution in [0.1, 0.15) is 32.6 Å². The zero-order chi connectivity index (χ0) is 12.3. The van der Waals surface area contributed by atoms with Gasteiger partial charge in [0.1, 0.15) is 0 Å². The molecule has 0 heterocycles. The van der Waals surface area contributed by atoms with E-state index >= 15 is 0 Å². The van der Waals surface area contributed by atoms with Gasteiger partial charge in [0, 0.05) is 11.6 Å². The van der Waals surface area contributed by atoms with Crippen molar-refractivity contribution in [2.75, 3.05) is 11.9 Å². The predicted octanol–water partition coefficient (Wildman–Crippen LogP) is 5.23. The van der Waals surface area contributed by atoms with Crippen LogP contribution < -0.4 is 5.32 Å². The van der Waals surface area contributed by atoms with Crippen LogP contribution in [0.15, 0.2) is 18.2 Å². The van der Waals surface area contributed by atoms with Crippen LogP contribution in [-0.2, 0) is 0 Å². The van der Waals surface area contributed by atoms with Crippen LogP contribution in [0.25, 0.3) is 0 Å². The minimum atomic E-state index is 0.731. The van der Waals surface area contributed by atoms with E-state index in [9.17, 15) is 0 Å². The first kappa shape index (κ1) is 13.0. The van der Waals surface area contributed by atoms with Gasteiger partial charge in [0.2, 0.25) is 0 Å². The summed E-state index contributed by atoms with van der Waals surface area (Å²) in [6.07, 6.45) is 5.37. The van der Waals surface area contributed by atoms with E-state index < -0.39 is 0 Å². The average molecular weight is 272 g/mol. The maximum absolute atomic E-state index is 6.12. The standard InChI is InChI=1S/C14H19Cl2N/c1-10-2-4-11(5-3-10)9-17-14-8-12(15)6-7-13(14)16/h6-8,10-11,17H,2-5,9H2,1H3. The highest BCUT2D eigenvalue weighted by molar-refractivity contribution is 6.35. The minimum Gasteiger partial charge on any atom is -0.384 e. The zero-order valence-electron chi connectivity index (χ0n) is 10.2. The fourth-order valence-electron chi connectivity index (χ4n) is 2.42. The molecule has 1 nitrogen and oxygen atoms in total. The zero-order valence-corrected chi connectivity index (χ0v) is 11.7. The number of anilines is 1. The summed E-state index contributed by atoms with van der Waals surface area (Å²) in [5.41, 5.74) is 0.956. The van der Waals surface area contributed by atoms with Crippen LogP contribution in [0.4, 0.5) is 5.69 Å². The van der Waals surface area contributed by atoms with Gasteiger partial charge in [-0.3, -0.25) is 0 Å². The SMILES string of the molecule is CC1CCC(CNc2cc(Cl)ccc2Cl)CC1. The molecular formula is C14H19Cl2N. The second-order valence-corrected chi connectivity index (χ2v) is 5.97. The maximum atomic E-state index is 6.12. The van der Waals surface area contributed by atoms with Gasteiger partial charge >= 0.3 is 0 Å². The first-order valence-electron chi connectivity index (χ1n) is 6.34. The molecule has 1 aliphatic rings. The fourth-order valence-corrected chi connectivity index (χ4v) is 2.78. The Balaban J connectivity index is 1.87. The van der Waals surface area contributed by atoms with Crippen molar-refractivity contribution in [3.8, 4) is 0 Å². The average Bonchev–Trinajstić information content (AvgIpc) is 2.32. The third kappa shape index (κ3) is 3.79. The molecule has 0 radical (unpaired) electrons. The molecular weight excluding hydrogens is 253 g/mol. The monoisotopic (exact) mass is 271 g/mol. The molecule has 0 aromatic heterocycles. The number of halogens is 2. The van der Waals surface area contributed by atoms with E-state index in [0.29, 0.717) is 0 Å². The highest BCUT2D eigenvalue weighted by Crippen LogP contribution is 2.30. The molecule has 0 amide bonds. The van der Waals surface area contributed by atoms with Crippen LogP contribution in [0.5, 0.6) is 0 Å². The molecule has 0 unspecified atom stereocenters. The van der Waals surface area contributed by atoms with Crippen molar-refractivity contribution in [3.05, 3.63) is 28.2 Å². The van der Waals surface area contributed by atoms with Crippen molar-refractivity contribution >= 4 is 28.9 Å². The molecule has 3 heteroatoms. The van der Waals surface area contributed by atoms with Crippen LogP contribution in [0.3, 0.4) is 0 Å². The molecule has 17 heavy (non-hydrogen) atoms. The molecule has 0 saturated heterocycles. The number of nitrogens with one attached hydrogen (secondary N) is 1. The number of hydrogen-bond acceptors (Lipinski definition) is 1. The van der Waals surface area contributed by atoms with Crippen LogP contribution >= 0.6 is 23.2 Å². The van der Waals surface area contributed by atoms with E-state index in [-0.39, 0.29) is 0 Å². The van der Waals surface area contributed by atoms with Crippen molar-refractivity contribution in [1.82, 2.24) is 0 Å². The molecule has 94 valence electrons. The van der Waals surface area contributed by atoms with Gasteiger partial charge in [-0.15, -0.1) is 0 Å². The topological polar surface area (TPSA) is 12.0 Å². The third-order valence-electron chi connectivity index (χ3n) is 3.65. The quantitative estimate of drug-likeness (QED) is 0.794. The van der Waals surface area contributed by atoms with Crippen molar-refractivity contribution in [3.63, 3.8) is 0 Å². The highest BCUT2D eigenvalue weighted by atomic mass is 35.5. The number of benzene rings is 1. The summed E-state index contributed by atoms with van der Waals surface area (Å²) >= 11 is 12.1. The van der Waals surface area contributed by atoms with Crippen LogP contribution in [0.2, 0.25) is 10.0 Å². The third-order valence-corrected chi connectivity index (χ3v) is 4.21. The fraction of sp³-hybridized carbons (Fsp3) is 0.571. The summed E-state index contributed by atoms with van der Waals surface area (Å²) < 4.78 is 0. The number of hydrogen-bond donors (Lipinski definition) is 1. The summed E-state index contributed by atoms with van der Waals surface area (Å²) in [5.74, 6) is 1.68. The van der Waals surface area contributed by atoms with Crippen molar-refractivity contribution in [2.45, 2.75) is 32.6 Å². The van der Waals surface area contributed by atoms with Crippen molar-refractivity contribution in [2.24, 2.45) is 11.8 Å². The van der Waals surface area contributed by atoms with E-state index in [0.717, 1.165) is 34.1 Å². The molecule has 0 aliphatic heterocycles. The largest absolute Gasteiger partial charge is 0.384 e. The maximum Gasteiger partial charge on any atom is 0.0638 e. The Bertz CT molecular complexity index is 370. The second kappa shape index (κ2) is 5.97. The lowest BCUT2D eigenvalue weighted by molar-refractivity contribution is 0.300. The summed E-state index contributed by atoms with van der Waals surface area (Å²) in [5, 5.41) is 4.90. The van der Waals surface area contributed by atoms with Crippen LogP contribution in [0, 0.1) is 11.8 Å². The summed E-state index contributed by atoms with van der Waals surface area (Å²) in [6, 6.07) is 5.56. The molecule has 1 saturated carbocycles. The lowest BCUT2D eigenvalue weighted by Gasteiger charge is -2.26. The molecule has 1 fully saturated rings. The van der Waals surface area contributed by atoms with E-state index in [2.05, 4.69) is 12.2 Å². The van der Waals surface area contributed by atoms with E-state index in [1.807, 2.05) is 18.2 Å².